The number of rotatable bonds is 2. The van der Waals surface area contributed by atoms with Gasteiger partial charge >= 0.3 is 12.1 Å². The number of aliphatic hydroxyl groups excluding tert-OH is 1. The third-order valence-corrected chi connectivity index (χ3v) is 4.21. The van der Waals surface area contributed by atoms with Crippen LogP contribution in [0, 0.1) is 5.92 Å². The smallest absolute Gasteiger partial charge is 0.416 e. The SMILES string of the molecule is O=C(O)[C@@H]1[C@@H](c2cccc(C(F)(F)F)c2)[C@H]2O[C@@H]1C[C@@H]2O. The van der Waals surface area contributed by atoms with E-state index in [-0.39, 0.29) is 12.0 Å². The molecule has 2 saturated heterocycles. The van der Waals surface area contributed by atoms with Crippen molar-refractivity contribution >= 4 is 5.97 Å². The van der Waals surface area contributed by atoms with Crippen LogP contribution in [0.1, 0.15) is 23.5 Å². The molecule has 0 aliphatic carbocycles. The summed E-state index contributed by atoms with van der Waals surface area (Å²) in [4.78, 5) is 11.4. The summed E-state index contributed by atoms with van der Waals surface area (Å²) in [7, 11) is 0. The molecule has 3 rings (SSSR count). The fourth-order valence-corrected chi connectivity index (χ4v) is 3.34. The number of halogens is 3. The van der Waals surface area contributed by atoms with Gasteiger partial charge in [0.15, 0.2) is 0 Å². The first kappa shape index (κ1) is 14.3. The maximum absolute atomic E-state index is 12.8. The van der Waals surface area contributed by atoms with Crippen LogP contribution in [-0.4, -0.2) is 34.5 Å². The Labute approximate surface area is 118 Å². The first-order valence-corrected chi connectivity index (χ1v) is 6.52. The van der Waals surface area contributed by atoms with E-state index in [9.17, 15) is 28.2 Å². The molecule has 2 aliphatic heterocycles. The van der Waals surface area contributed by atoms with Crippen molar-refractivity contribution in [1.82, 2.24) is 0 Å². The van der Waals surface area contributed by atoms with Crippen LogP contribution in [0.25, 0.3) is 0 Å². The summed E-state index contributed by atoms with van der Waals surface area (Å²) in [6, 6.07) is 4.57. The summed E-state index contributed by atoms with van der Waals surface area (Å²) in [6.45, 7) is 0. The minimum absolute atomic E-state index is 0.205. The average molecular weight is 302 g/mol. The summed E-state index contributed by atoms with van der Waals surface area (Å²) in [6.07, 6.45) is -6.55. The van der Waals surface area contributed by atoms with Gasteiger partial charge in [0, 0.05) is 12.3 Å². The summed E-state index contributed by atoms with van der Waals surface area (Å²) in [5, 5.41) is 19.1. The number of carboxylic acids is 1. The zero-order valence-electron chi connectivity index (χ0n) is 10.7. The highest BCUT2D eigenvalue weighted by atomic mass is 19.4. The number of aliphatic hydroxyl groups is 1. The number of aliphatic carboxylic acids is 1. The zero-order chi connectivity index (χ0) is 15.4. The predicted octanol–water partition coefficient (Wildman–Crippen LogP) is 2.02. The molecule has 0 unspecified atom stereocenters. The van der Waals surface area contributed by atoms with E-state index >= 15 is 0 Å². The number of benzene rings is 1. The molecule has 2 aliphatic rings. The molecule has 7 heteroatoms. The summed E-state index contributed by atoms with van der Waals surface area (Å²) >= 11 is 0. The second-order valence-corrected chi connectivity index (χ2v) is 5.46. The van der Waals surface area contributed by atoms with Gasteiger partial charge in [-0.15, -0.1) is 0 Å². The highest BCUT2D eigenvalue weighted by Gasteiger charge is 2.57. The van der Waals surface area contributed by atoms with Gasteiger partial charge in [0.2, 0.25) is 0 Å². The lowest BCUT2D eigenvalue weighted by atomic mass is 9.74. The molecule has 0 aromatic heterocycles. The van der Waals surface area contributed by atoms with Crippen LogP contribution < -0.4 is 0 Å². The van der Waals surface area contributed by atoms with Gasteiger partial charge < -0.3 is 14.9 Å². The zero-order valence-corrected chi connectivity index (χ0v) is 10.7. The summed E-state index contributed by atoms with van der Waals surface area (Å²) in [5.74, 6) is -2.81. The van der Waals surface area contributed by atoms with Crippen molar-refractivity contribution < 1.29 is 32.9 Å². The molecule has 2 N–H and O–H groups in total. The molecule has 2 fully saturated rings. The Morgan fingerprint density at radius 3 is 2.67 bits per heavy atom. The standard InChI is InChI=1S/C14H13F3O4/c15-14(16,17)7-3-1-2-6(4-7)10-11(13(19)20)9-5-8(18)12(10)21-9/h1-4,8-12,18H,5H2,(H,19,20)/t8-,9+,10+,11-,12-/m0/s1. The number of fused-ring (bicyclic) bond motifs is 2. The Kier molecular flexibility index (Phi) is 3.22. The molecule has 2 bridgehead atoms. The first-order valence-electron chi connectivity index (χ1n) is 6.52. The lowest BCUT2D eigenvalue weighted by molar-refractivity contribution is -0.144. The van der Waals surface area contributed by atoms with Crippen molar-refractivity contribution in [1.29, 1.82) is 0 Å². The second-order valence-electron chi connectivity index (χ2n) is 5.46. The second kappa shape index (κ2) is 4.71. The Bertz CT molecular complexity index is 572. The van der Waals surface area contributed by atoms with Crippen LogP contribution in [0.3, 0.4) is 0 Å². The van der Waals surface area contributed by atoms with Gasteiger partial charge in [-0.05, 0) is 11.6 Å². The van der Waals surface area contributed by atoms with E-state index in [1.54, 1.807) is 0 Å². The number of carbonyl (C=O) groups is 1. The number of alkyl halides is 3. The van der Waals surface area contributed by atoms with E-state index in [1.807, 2.05) is 0 Å². The third kappa shape index (κ3) is 2.30. The van der Waals surface area contributed by atoms with Crippen molar-refractivity contribution in [3.63, 3.8) is 0 Å². The topological polar surface area (TPSA) is 66.8 Å². The van der Waals surface area contributed by atoms with Gasteiger partial charge in [-0.2, -0.15) is 13.2 Å². The quantitative estimate of drug-likeness (QED) is 0.877. The van der Waals surface area contributed by atoms with Crippen molar-refractivity contribution in [2.75, 3.05) is 0 Å². The molecule has 2 heterocycles. The number of carboxylic acid groups (broad SMARTS) is 1. The van der Waals surface area contributed by atoms with E-state index in [4.69, 9.17) is 4.74 Å². The van der Waals surface area contributed by atoms with E-state index in [1.165, 1.54) is 12.1 Å². The van der Waals surface area contributed by atoms with Gasteiger partial charge in [0.1, 0.15) is 0 Å². The van der Waals surface area contributed by atoms with Crippen LogP contribution in [0.15, 0.2) is 24.3 Å². The normalized spacial score (nSPS) is 35.1. The molecule has 21 heavy (non-hydrogen) atoms. The number of hydrogen-bond donors (Lipinski definition) is 2. The third-order valence-electron chi connectivity index (χ3n) is 4.21. The molecule has 0 radical (unpaired) electrons. The number of hydrogen-bond acceptors (Lipinski definition) is 3. The minimum atomic E-state index is -4.49. The first-order chi connectivity index (χ1) is 9.79. The molecular formula is C14H13F3O4. The van der Waals surface area contributed by atoms with Crippen molar-refractivity contribution in [2.45, 2.75) is 36.8 Å². The lowest BCUT2D eigenvalue weighted by Crippen LogP contribution is -2.38. The number of ether oxygens (including phenoxy) is 1. The molecule has 114 valence electrons. The molecule has 0 saturated carbocycles. The summed E-state index contributed by atoms with van der Waals surface area (Å²) in [5.41, 5.74) is -0.593. The Morgan fingerprint density at radius 1 is 1.33 bits per heavy atom. The van der Waals surface area contributed by atoms with E-state index in [0.717, 1.165) is 12.1 Å². The van der Waals surface area contributed by atoms with Gasteiger partial charge in [-0.25, -0.2) is 0 Å². The lowest BCUT2D eigenvalue weighted by Gasteiger charge is -2.28. The van der Waals surface area contributed by atoms with E-state index < -0.39 is 47.9 Å². The molecular weight excluding hydrogens is 289 g/mol. The molecule has 1 aromatic rings. The molecule has 0 amide bonds. The Hall–Kier alpha value is -1.60. The van der Waals surface area contributed by atoms with Crippen LogP contribution in [0.2, 0.25) is 0 Å². The van der Waals surface area contributed by atoms with Crippen molar-refractivity contribution in [3.8, 4) is 0 Å². The van der Waals surface area contributed by atoms with Gasteiger partial charge in [0.25, 0.3) is 0 Å². The van der Waals surface area contributed by atoms with Crippen LogP contribution in [0.5, 0.6) is 0 Å². The van der Waals surface area contributed by atoms with Crippen LogP contribution >= 0.6 is 0 Å². The van der Waals surface area contributed by atoms with Crippen LogP contribution in [0.4, 0.5) is 13.2 Å². The molecule has 0 spiro atoms. The monoisotopic (exact) mass is 302 g/mol. The highest BCUT2D eigenvalue weighted by Crippen LogP contribution is 2.49. The Morgan fingerprint density at radius 2 is 2.05 bits per heavy atom. The van der Waals surface area contributed by atoms with E-state index in [0.29, 0.717) is 0 Å². The highest BCUT2D eigenvalue weighted by molar-refractivity contribution is 5.73. The van der Waals surface area contributed by atoms with Gasteiger partial charge in [-0.3, -0.25) is 4.79 Å². The molecule has 4 nitrogen and oxygen atoms in total. The summed E-state index contributed by atoms with van der Waals surface area (Å²) < 4.78 is 43.8. The van der Waals surface area contributed by atoms with Crippen LogP contribution in [-0.2, 0) is 15.7 Å². The fourth-order valence-electron chi connectivity index (χ4n) is 3.34. The maximum atomic E-state index is 12.8. The molecule has 5 atom stereocenters. The largest absolute Gasteiger partial charge is 0.481 e. The predicted molar refractivity (Wildman–Crippen MR) is 64.6 cm³/mol. The minimum Gasteiger partial charge on any atom is -0.481 e. The molecule has 1 aromatic carbocycles. The van der Waals surface area contributed by atoms with Crippen molar-refractivity contribution in [3.05, 3.63) is 35.4 Å². The van der Waals surface area contributed by atoms with E-state index in [2.05, 4.69) is 0 Å². The fraction of sp³-hybridized carbons (Fsp3) is 0.500. The van der Waals surface area contributed by atoms with Gasteiger partial charge in [0.05, 0.1) is 29.8 Å². The average Bonchev–Trinajstić information content (AvgIpc) is 2.94. The Balaban J connectivity index is 2.00. The maximum Gasteiger partial charge on any atom is 0.416 e. The van der Waals surface area contributed by atoms with Gasteiger partial charge in [-0.1, -0.05) is 18.2 Å². The van der Waals surface area contributed by atoms with Crippen molar-refractivity contribution in [2.24, 2.45) is 5.92 Å².